The first-order valence-electron chi connectivity index (χ1n) is 3.14. The van der Waals surface area contributed by atoms with Crippen molar-refractivity contribution in [3.8, 4) is 6.07 Å². The van der Waals surface area contributed by atoms with Crippen LogP contribution in [0.25, 0.3) is 0 Å². The second-order valence-electron chi connectivity index (χ2n) is 2.00. The Morgan fingerprint density at radius 3 is 3.25 bits per heavy atom. The maximum absolute atomic E-state index is 8.57. The van der Waals surface area contributed by atoms with Crippen molar-refractivity contribution in [3.63, 3.8) is 0 Å². The van der Waals surface area contributed by atoms with Crippen LogP contribution in [0.15, 0.2) is 11.2 Å². The van der Waals surface area contributed by atoms with E-state index in [1.54, 1.807) is 12.5 Å². The second kappa shape index (κ2) is 3.50. The van der Waals surface area contributed by atoms with Gasteiger partial charge in [0.25, 0.3) is 0 Å². The third-order valence-corrected chi connectivity index (χ3v) is 1.27. The minimum Gasteiger partial charge on any atom is -0.290 e. The molecule has 1 aromatic heterocycles. The second-order valence-corrected chi connectivity index (χ2v) is 2.00. The number of nitrogens with zero attached hydrogens (tertiary/aromatic N) is 4. The number of nitrogens with one attached hydrogen (secondary N) is 1. The molecular formula is C6H7N5O. The molecule has 1 rings (SSSR count). The minimum absolute atomic E-state index is 0.365. The van der Waals surface area contributed by atoms with E-state index in [1.165, 1.54) is 10.9 Å². The summed E-state index contributed by atoms with van der Waals surface area (Å²) >= 11 is 0. The molecule has 1 heterocycles. The van der Waals surface area contributed by atoms with Crippen LogP contribution in [0.3, 0.4) is 0 Å². The Labute approximate surface area is 68.7 Å². The Balaban J connectivity index is 3.04. The quantitative estimate of drug-likeness (QED) is 0.365. The Morgan fingerprint density at radius 1 is 1.92 bits per heavy atom. The van der Waals surface area contributed by atoms with E-state index in [9.17, 15) is 0 Å². The summed E-state index contributed by atoms with van der Waals surface area (Å²) < 4.78 is 1.44. The summed E-state index contributed by atoms with van der Waals surface area (Å²) in [7, 11) is 1.66. The number of rotatable bonds is 2. The van der Waals surface area contributed by atoms with Crippen molar-refractivity contribution >= 4 is 12.2 Å². The third-order valence-electron chi connectivity index (χ3n) is 1.27. The molecule has 0 amide bonds. The highest BCUT2D eigenvalue weighted by molar-refractivity contribution is 5.61. The first-order chi connectivity index (χ1) is 5.79. The number of hydrogen-bond donors (Lipinski definition) is 2. The molecule has 0 spiro atoms. The van der Waals surface area contributed by atoms with E-state index in [0.717, 1.165) is 6.34 Å². The van der Waals surface area contributed by atoms with Gasteiger partial charge >= 0.3 is 0 Å². The zero-order valence-corrected chi connectivity index (χ0v) is 6.39. The molecule has 0 bridgehead atoms. The molecule has 0 saturated heterocycles. The fraction of sp³-hybridized carbons (Fsp3) is 0.167. The van der Waals surface area contributed by atoms with E-state index in [2.05, 4.69) is 10.1 Å². The fourth-order valence-electron chi connectivity index (χ4n) is 0.753. The lowest BCUT2D eigenvalue weighted by molar-refractivity contribution is 0.240. The van der Waals surface area contributed by atoms with Gasteiger partial charge in [0, 0.05) is 7.05 Å². The van der Waals surface area contributed by atoms with Gasteiger partial charge in [-0.25, -0.2) is 9.67 Å². The van der Waals surface area contributed by atoms with Crippen LogP contribution >= 0.6 is 0 Å². The molecular weight excluding hydrogens is 158 g/mol. The lowest BCUT2D eigenvalue weighted by Crippen LogP contribution is -2.02. The molecule has 1 aromatic rings. The van der Waals surface area contributed by atoms with Crippen molar-refractivity contribution in [3.05, 3.63) is 11.8 Å². The molecule has 0 atom stereocenters. The summed E-state index contributed by atoms with van der Waals surface area (Å²) in [5, 5.41) is 20.6. The predicted molar refractivity (Wildman–Crippen MR) is 41.0 cm³/mol. The third kappa shape index (κ3) is 1.41. The van der Waals surface area contributed by atoms with E-state index < -0.39 is 0 Å². The lowest BCUT2D eigenvalue weighted by atomic mass is 10.4. The standard InChI is InChI=1S/C6H7N5O/c1-11-6(8-4-10-12)5(2-7)3-9-11/h3-4,12H,1H3,(H,8,10). The van der Waals surface area contributed by atoms with Gasteiger partial charge in [0.15, 0.2) is 5.82 Å². The summed E-state index contributed by atoms with van der Waals surface area (Å²) in [6.07, 6.45) is 2.47. The average molecular weight is 165 g/mol. The highest BCUT2D eigenvalue weighted by Crippen LogP contribution is 2.14. The normalized spacial score (nSPS) is 10.1. The summed E-state index contributed by atoms with van der Waals surface area (Å²) in [5.74, 6) is 0.402. The molecule has 0 unspecified atom stereocenters. The van der Waals surface area contributed by atoms with Crippen LogP contribution in [0.4, 0.5) is 5.82 Å². The molecule has 0 aliphatic carbocycles. The van der Waals surface area contributed by atoms with Crippen LogP contribution in [0.1, 0.15) is 5.56 Å². The Hall–Kier alpha value is -1.87. The van der Waals surface area contributed by atoms with Gasteiger partial charge in [-0.3, -0.25) is 10.7 Å². The Kier molecular flexibility index (Phi) is 2.40. The van der Waals surface area contributed by atoms with Crippen molar-refractivity contribution < 1.29 is 5.21 Å². The van der Waals surface area contributed by atoms with Crippen LogP contribution in [0.2, 0.25) is 0 Å². The molecule has 0 aliphatic heterocycles. The van der Waals surface area contributed by atoms with E-state index in [1.807, 2.05) is 6.07 Å². The molecule has 6 nitrogen and oxygen atoms in total. The molecule has 0 fully saturated rings. The minimum atomic E-state index is 0.365. The lowest BCUT2D eigenvalue weighted by Gasteiger charge is -1.93. The SMILES string of the molecule is Cn1ncc(C#N)c1/N=C/NO. The molecule has 0 aliphatic rings. The summed E-state index contributed by atoms with van der Waals surface area (Å²) in [5.41, 5.74) is 2.11. The molecule has 2 N–H and O–H groups in total. The zero-order valence-electron chi connectivity index (χ0n) is 6.39. The van der Waals surface area contributed by atoms with E-state index in [0.29, 0.717) is 11.4 Å². The van der Waals surface area contributed by atoms with Crippen molar-refractivity contribution in [2.75, 3.05) is 0 Å². The summed E-state index contributed by atoms with van der Waals surface area (Å²) in [6.45, 7) is 0. The highest BCUT2D eigenvalue weighted by atomic mass is 16.5. The van der Waals surface area contributed by atoms with Crippen molar-refractivity contribution in [1.82, 2.24) is 15.3 Å². The smallest absolute Gasteiger partial charge is 0.169 e. The number of aromatic nitrogens is 2. The fourth-order valence-corrected chi connectivity index (χ4v) is 0.753. The monoisotopic (exact) mass is 165 g/mol. The number of aryl methyl sites for hydroxylation is 1. The molecule has 0 saturated carbocycles. The maximum Gasteiger partial charge on any atom is 0.169 e. The average Bonchev–Trinajstić information content (AvgIpc) is 2.43. The van der Waals surface area contributed by atoms with Gasteiger partial charge < -0.3 is 0 Å². The largest absolute Gasteiger partial charge is 0.290 e. The highest BCUT2D eigenvalue weighted by Gasteiger charge is 2.04. The first kappa shape index (κ1) is 8.23. The van der Waals surface area contributed by atoms with Gasteiger partial charge in [0.1, 0.15) is 18.0 Å². The number of nitriles is 1. The van der Waals surface area contributed by atoms with Gasteiger partial charge in [-0.05, 0) is 0 Å². The van der Waals surface area contributed by atoms with E-state index in [-0.39, 0.29) is 0 Å². The summed E-state index contributed by atoms with van der Waals surface area (Å²) in [6, 6.07) is 1.92. The zero-order chi connectivity index (χ0) is 8.97. The Bertz CT molecular complexity index is 334. The van der Waals surface area contributed by atoms with E-state index >= 15 is 0 Å². The first-order valence-corrected chi connectivity index (χ1v) is 3.14. The van der Waals surface area contributed by atoms with Gasteiger partial charge in [-0.2, -0.15) is 10.4 Å². The van der Waals surface area contributed by atoms with Gasteiger partial charge in [0.05, 0.1) is 6.20 Å². The predicted octanol–water partition coefficient (Wildman–Crippen LogP) is -0.0696. The molecule has 0 radical (unpaired) electrons. The van der Waals surface area contributed by atoms with Crippen LogP contribution in [0.5, 0.6) is 0 Å². The van der Waals surface area contributed by atoms with Crippen LogP contribution in [0, 0.1) is 11.3 Å². The summed E-state index contributed by atoms with van der Waals surface area (Å²) in [4.78, 5) is 3.75. The maximum atomic E-state index is 8.57. The van der Waals surface area contributed by atoms with Crippen LogP contribution in [-0.4, -0.2) is 21.3 Å². The topological polar surface area (TPSA) is 86.2 Å². The number of aliphatic imine (C=N–C) groups is 1. The van der Waals surface area contributed by atoms with Crippen LogP contribution < -0.4 is 5.48 Å². The number of hydroxylamine groups is 1. The van der Waals surface area contributed by atoms with Gasteiger partial charge in [0.2, 0.25) is 0 Å². The number of hydrogen-bond acceptors (Lipinski definition) is 4. The van der Waals surface area contributed by atoms with Gasteiger partial charge in [-0.1, -0.05) is 0 Å². The van der Waals surface area contributed by atoms with Gasteiger partial charge in [-0.15, -0.1) is 0 Å². The van der Waals surface area contributed by atoms with Crippen molar-refractivity contribution in [2.45, 2.75) is 0 Å². The van der Waals surface area contributed by atoms with Crippen molar-refractivity contribution in [2.24, 2.45) is 12.0 Å². The molecule has 62 valence electrons. The van der Waals surface area contributed by atoms with Crippen LogP contribution in [-0.2, 0) is 7.05 Å². The van der Waals surface area contributed by atoms with E-state index in [4.69, 9.17) is 10.5 Å². The molecule has 0 aromatic carbocycles. The Morgan fingerprint density at radius 2 is 2.67 bits per heavy atom. The molecule has 12 heavy (non-hydrogen) atoms. The molecule has 6 heteroatoms. The van der Waals surface area contributed by atoms with Crippen molar-refractivity contribution in [1.29, 1.82) is 5.26 Å².